The quantitative estimate of drug-likeness (QED) is 0.407. The van der Waals surface area contributed by atoms with Gasteiger partial charge in [-0.1, -0.05) is 0 Å². The lowest BCUT2D eigenvalue weighted by Crippen LogP contribution is -2.18. The van der Waals surface area contributed by atoms with E-state index in [9.17, 15) is 20.3 Å². The predicted octanol–water partition coefficient (Wildman–Crippen LogP) is 0.765. The first kappa shape index (κ1) is 12.4. The van der Waals surface area contributed by atoms with Crippen molar-refractivity contribution in [1.29, 1.82) is 0 Å². The van der Waals surface area contributed by atoms with Crippen LogP contribution >= 0.6 is 24.0 Å². The number of hydrogen-bond acceptors (Lipinski definition) is 7. The van der Waals surface area contributed by atoms with E-state index in [2.05, 4.69) is 17.6 Å². The Labute approximate surface area is 95.1 Å². The molecule has 2 N–H and O–H groups in total. The van der Waals surface area contributed by atoms with Crippen molar-refractivity contribution in [3.63, 3.8) is 0 Å². The van der Waals surface area contributed by atoms with Crippen molar-refractivity contribution in [2.75, 3.05) is 5.75 Å². The third-order valence-corrected chi connectivity index (χ3v) is 3.01. The molecule has 0 amide bonds. The topological polar surface area (TPSA) is 96.5 Å². The largest absolute Gasteiger partial charge is 0.390 e. The highest BCUT2D eigenvalue weighted by Crippen LogP contribution is 2.28. The fourth-order valence-electron chi connectivity index (χ4n) is 0.955. The van der Waals surface area contributed by atoms with Crippen molar-refractivity contribution in [1.82, 2.24) is 4.98 Å². The van der Waals surface area contributed by atoms with Crippen LogP contribution in [0.15, 0.2) is 6.20 Å². The lowest BCUT2D eigenvalue weighted by molar-refractivity contribution is -0.380. The van der Waals surface area contributed by atoms with Crippen molar-refractivity contribution in [3.05, 3.63) is 21.3 Å². The first-order valence-electron chi connectivity index (χ1n) is 4.13. The second kappa shape index (κ2) is 5.40. The molecule has 2 unspecified atom stereocenters. The van der Waals surface area contributed by atoms with Crippen LogP contribution < -0.4 is 0 Å². The van der Waals surface area contributed by atoms with Gasteiger partial charge in [0.1, 0.15) is 17.3 Å². The Morgan fingerprint density at radius 3 is 2.80 bits per heavy atom. The molecule has 2 atom stereocenters. The van der Waals surface area contributed by atoms with Gasteiger partial charge in [-0.25, -0.2) is 4.98 Å². The lowest BCUT2D eigenvalue weighted by atomic mass is 10.2. The van der Waals surface area contributed by atoms with Crippen LogP contribution in [-0.2, 0) is 0 Å². The number of nitro groups is 1. The molecule has 0 aliphatic rings. The van der Waals surface area contributed by atoms with E-state index in [0.29, 0.717) is 12.2 Å². The van der Waals surface area contributed by atoms with Crippen LogP contribution in [0.2, 0.25) is 0 Å². The van der Waals surface area contributed by atoms with Crippen LogP contribution in [0.5, 0.6) is 0 Å². The van der Waals surface area contributed by atoms with E-state index in [1.807, 2.05) is 0 Å². The van der Waals surface area contributed by atoms with Gasteiger partial charge in [-0.2, -0.15) is 12.6 Å². The van der Waals surface area contributed by atoms with Gasteiger partial charge in [0.25, 0.3) is 0 Å². The zero-order valence-electron chi connectivity index (χ0n) is 7.61. The van der Waals surface area contributed by atoms with Gasteiger partial charge in [0.15, 0.2) is 0 Å². The van der Waals surface area contributed by atoms with Crippen molar-refractivity contribution in [2.24, 2.45) is 0 Å². The molecule has 0 spiro atoms. The monoisotopic (exact) mass is 250 g/mol. The molecule has 1 aromatic rings. The smallest absolute Gasteiger partial charge is 0.344 e. The van der Waals surface area contributed by atoms with Gasteiger partial charge in [-0.15, -0.1) is 0 Å². The molecule has 1 rings (SSSR count). The summed E-state index contributed by atoms with van der Waals surface area (Å²) in [5.74, 6) is 0.422. The fraction of sp³-hybridized carbons (Fsp3) is 0.571. The molecule has 15 heavy (non-hydrogen) atoms. The Bertz CT molecular complexity index is 343. The molecular weight excluding hydrogens is 240 g/mol. The Morgan fingerprint density at radius 2 is 2.33 bits per heavy atom. The summed E-state index contributed by atoms with van der Waals surface area (Å²) in [5, 5.41) is 29.3. The lowest BCUT2D eigenvalue weighted by Gasteiger charge is -2.13. The van der Waals surface area contributed by atoms with E-state index >= 15 is 0 Å². The second-order valence-corrected chi connectivity index (χ2v) is 4.31. The number of aliphatic hydroxyl groups excluding tert-OH is 2. The minimum Gasteiger partial charge on any atom is -0.390 e. The second-order valence-electron chi connectivity index (χ2n) is 2.82. The number of rotatable bonds is 5. The summed E-state index contributed by atoms with van der Waals surface area (Å²) < 4.78 is 0. The summed E-state index contributed by atoms with van der Waals surface area (Å²) in [6.07, 6.45) is -0.807. The molecular formula is C7H10N2O4S2. The van der Waals surface area contributed by atoms with Crippen molar-refractivity contribution in [3.8, 4) is 0 Å². The number of thiazole rings is 1. The minimum absolute atomic E-state index is 0.149. The highest BCUT2D eigenvalue weighted by Gasteiger charge is 2.23. The van der Waals surface area contributed by atoms with Gasteiger partial charge in [0.05, 0.1) is 11.0 Å². The van der Waals surface area contributed by atoms with E-state index in [1.54, 1.807) is 0 Å². The Balaban J connectivity index is 2.73. The Kier molecular flexibility index (Phi) is 4.45. The van der Waals surface area contributed by atoms with Crippen LogP contribution in [0.4, 0.5) is 5.00 Å². The minimum atomic E-state index is -1.18. The van der Waals surface area contributed by atoms with Gasteiger partial charge in [0, 0.05) is 0 Å². The summed E-state index contributed by atoms with van der Waals surface area (Å²) in [5.41, 5.74) is 0. The van der Waals surface area contributed by atoms with Crippen molar-refractivity contribution < 1.29 is 15.1 Å². The molecule has 84 valence electrons. The highest BCUT2D eigenvalue weighted by molar-refractivity contribution is 7.80. The third-order valence-electron chi connectivity index (χ3n) is 1.73. The maximum Gasteiger partial charge on any atom is 0.344 e. The summed E-state index contributed by atoms with van der Waals surface area (Å²) in [4.78, 5) is 13.5. The van der Waals surface area contributed by atoms with Gasteiger partial charge in [0.2, 0.25) is 0 Å². The molecule has 0 radical (unpaired) electrons. The molecule has 0 bridgehead atoms. The van der Waals surface area contributed by atoms with Crippen LogP contribution in [0.1, 0.15) is 17.5 Å². The molecule has 0 fully saturated rings. The van der Waals surface area contributed by atoms with Crippen LogP contribution in [0, 0.1) is 10.1 Å². The van der Waals surface area contributed by atoms with Gasteiger partial charge >= 0.3 is 5.00 Å². The third kappa shape index (κ3) is 3.13. The average Bonchev–Trinajstić information content (AvgIpc) is 2.65. The van der Waals surface area contributed by atoms with Crippen LogP contribution in [-0.4, -0.2) is 32.0 Å². The van der Waals surface area contributed by atoms with E-state index in [1.165, 1.54) is 0 Å². The number of nitrogens with zero attached hydrogens (tertiary/aromatic N) is 2. The Morgan fingerprint density at radius 1 is 1.67 bits per heavy atom. The van der Waals surface area contributed by atoms with Gasteiger partial charge < -0.3 is 10.2 Å². The molecule has 0 aromatic carbocycles. The molecule has 0 saturated heterocycles. The molecule has 0 aliphatic carbocycles. The van der Waals surface area contributed by atoms with E-state index in [0.717, 1.165) is 17.5 Å². The summed E-state index contributed by atoms with van der Waals surface area (Å²) in [6, 6.07) is 0. The molecule has 8 heteroatoms. The Hall–Kier alpha value is -0.700. The normalized spacial score (nSPS) is 14.9. The summed E-state index contributed by atoms with van der Waals surface area (Å²) >= 11 is 4.67. The standard InChI is InChI=1S/C7H10N2O4S2/c10-4(1-2-14)6(11)7-8-3-5(15-7)9(12)13/h3-4,6,10-11,14H,1-2H2. The van der Waals surface area contributed by atoms with Gasteiger partial charge in [-0.05, 0) is 23.5 Å². The SMILES string of the molecule is O=[N+]([O-])c1cnc(C(O)C(O)CCS)s1. The maximum absolute atomic E-state index is 10.4. The predicted molar refractivity (Wildman–Crippen MR) is 58.2 cm³/mol. The highest BCUT2D eigenvalue weighted by atomic mass is 32.1. The van der Waals surface area contributed by atoms with E-state index in [4.69, 9.17) is 0 Å². The number of hydrogen-bond donors (Lipinski definition) is 3. The zero-order valence-corrected chi connectivity index (χ0v) is 9.32. The number of aromatic nitrogens is 1. The van der Waals surface area contributed by atoms with Crippen LogP contribution in [0.25, 0.3) is 0 Å². The van der Waals surface area contributed by atoms with E-state index in [-0.39, 0.29) is 10.0 Å². The van der Waals surface area contributed by atoms with Crippen molar-refractivity contribution >= 4 is 29.0 Å². The molecule has 0 aliphatic heterocycles. The first-order valence-corrected chi connectivity index (χ1v) is 5.58. The molecule has 1 aromatic heterocycles. The first-order chi connectivity index (χ1) is 7.06. The summed E-state index contributed by atoms with van der Waals surface area (Å²) in [7, 11) is 0. The molecule has 6 nitrogen and oxygen atoms in total. The average molecular weight is 250 g/mol. The fourth-order valence-corrected chi connectivity index (χ4v) is 2.00. The van der Waals surface area contributed by atoms with Gasteiger partial charge in [-0.3, -0.25) is 10.1 Å². The molecule has 1 heterocycles. The number of aliphatic hydroxyl groups is 2. The van der Waals surface area contributed by atoms with E-state index < -0.39 is 17.1 Å². The maximum atomic E-state index is 10.4. The summed E-state index contributed by atoms with van der Waals surface area (Å²) in [6.45, 7) is 0. The zero-order chi connectivity index (χ0) is 11.4. The molecule has 0 saturated carbocycles. The number of thiol groups is 1. The van der Waals surface area contributed by atoms with Crippen molar-refractivity contribution in [2.45, 2.75) is 18.6 Å². The van der Waals surface area contributed by atoms with Crippen LogP contribution in [0.3, 0.4) is 0 Å².